The summed E-state index contributed by atoms with van der Waals surface area (Å²) >= 11 is 0. The monoisotopic (exact) mass is 307 g/mol. The number of hydrogen-bond donors (Lipinski definition) is 1. The average molecular weight is 307 g/mol. The molecule has 0 amide bonds. The van der Waals surface area contributed by atoms with Crippen LogP contribution in [0.3, 0.4) is 0 Å². The summed E-state index contributed by atoms with van der Waals surface area (Å²) in [6, 6.07) is 23.9. The van der Waals surface area contributed by atoms with Crippen LogP contribution in [0, 0.1) is 0 Å². The predicted octanol–water partition coefficient (Wildman–Crippen LogP) is 6.37. The van der Waals surface area contributed by atoms with E-state index in [9.17, 15) is 0 Å². The minimum Gasteiger partial charge on any atom is -0.440 e. The van der Waals surface area contributed by atoms with Gasteiger partial charge in [0.25, 0.3) is 0 Å². The maximum absolute atomic E-state index is 5.93. The Bertz CT molecular complexity index is 1400. The zero-order valence-corrected chi connectivity index (χ0v) is 12.8. The van der Waals surface area contributed by atoms with Crippen molar-refractivity contribution in [3.63, 3.8) is 0 Å². The number of furan rings is 1. The van der Waals surface area contributed by atoms with Gasteiger partial charge in [-0.1, -0.05) is 30.3 Å². The Kier molecular flexibility index (Phi) is 2.12. The first-order valence-electron chi connectivity index (χ1n) is 8.12. The second kappa shape index (κ2) is 4.18. The van der Waals surface area contributed by atoms with Crippen molar-refractivity contribution in [2.75, 3.05) is 0 Å². The molecule has 24 heavy (non-hydrogen) atoms. The Morgan fingerprint density at radius 2 is 1.38 bits per heavy atom. The molecular weight excluding hydrogens is 294 g/mol. The first-order chi connectivity index (χ1) is 11.9. The first-order valence-corrected chi connectivity index (χ1v) is 8.12. The SMILES string of the molecule is c1ccc2cc3cc4c(ccc5oc6[nH]ccc6c54)cc3cc2c1. The number of H-pyrrole nitrogens is 1. The lowest BCUT2D eigenvalue weighted by molar-refractivity contribution is 0.656. The van der Waals surface area contributed by atoms with E-state index in [4.69, 9.17) is 4.42 Å². The van der Waals surface area contributed by atoms with Gasteiger partial charge in [-0.3, -0.25) is 0 Å². The van der Waals surface area contributed by atoms with Gasteiger partial charge in [0.15, 0.2) is 0 Å². The molecule has 6 rings (SSSR count). The van der Waals surface area contributed by atoms with E-state index >= 15 is 0 Å². The molecule has 0 spiro atoms. The summed E-state index contributed by atoms with van der Waals surface area (Å²) in [6.07, 6.45) is 1.93. The number of aromatic amines is 1. The molecule has 0 aliphatic carbocycles. The lowest BCUT2D eigenvalue weighted by Gasteiger charge is -2.06. The Morgan fingerprint density at radius 3 is 2.21 bits per heavy atom. The molecule has 0 saturated carbocycles. The van der Waals surface area contributed by atoms with Crippen molar-refractivity contribution in [2.45, 2.75) is 0 Å². The van der Waals surface area contributed by atoms with E-state index in [0.29, 0.717) is 0 Å². The van der Waals surface area contributed by atoms with Gasteiger partial charge < -0.3 is 9.40 Å². The molecule has 0 atom stereocenters. The number of hydrogen-bond acceptors (Lipinski definition) is 1. The van der Waals surface area contributed by atoms with E-state index in [0.717, 1.165) is 16.7 Å². The summed E-state index contributed by atoms with van der Waals surface area (Å²) in [6.45, 7) is 0. The highest BCUT2D eigenvalue weighted by atomic mass is 16.3. The molecule has 4 aromatic carbocycles. The molecular formula is C22H13NO. The average Bonchev–Trinajstić information content (AvgIpc) is 3.18. The highest BCUT2D eigenvalue weighted by Gasteiger charge is 2.12. The normalized spacial score (nSPS) is 12.2. The maximum atomic E-state index is 5.93. The standard InChI is InChI=1S/C22H13NO/c1-2-4-14-10-17-12-19-15(11-16(17)9-13(14)3-1)5-6-20-21(19)18-7-8-23-22(18)24-20/h1-12,23H. The Balaban J connectivity index is 1.85. The highest BCUT2D eigenvalue weighted by Crippen LogP contribution is 2.36. The van der Waals surface area contributed by atoms with Crippen LogP contribution in [0.1, 0.15) is 0 Å². The molecule has 0 aliphatic heterocycles. The quantitative estimate of drug-likeness (QED) is 0.324. The molecule has 0 aliphatic rings. The molecule has 112 valence electrons. The maximum Gasteiger partial charge on any atom is 0.205 e. The van der Waals surface area contributed by atoms with Crippen LogP contribution in [0.2, 0.25) is 0 Å². The van der Waals surface area contributed by atoms with Crippen LogP contribution < -0.4 is 0 Å². The smallest absolute Gasteiger partial charge is 0.205 e. The highest BCUT2D eigenvalue weighted by molar-refractivity contribution is 6.21. The Labute approximate surface area is 137 Å². The summed E-state index contributed by atoms with van der Waals surface area (Å²) in [5.74, 6) is 0. The zero-order valence-electron chi connectivity index (χ0n) is 12.8. The Hall–Kier alpha value is -3.26. The number of benzene rings is 4. The van der Waals surface area contributed by atoms with Crippen LogP contribution in [0.5, 0.6) is 0 Å². The summed E-state index contributed by atoms with van der Waals surface area (Å²) in [5, 5.41) is 9.92. The van der Waals surface area contributed by atoms with Gasteiger partial charge in [-0.15, -0.1) is 0 Å². The molecule has 2 heterocycles. The van der Waals surface area contributed by atoms with E-state index in [1.165, 1.54) is 37.7 Å². The number of rotatable bonds is 0. The third kappa shape index (κ3) is 1.50. The Morgan fingerprint density at radius 1 is 0.625 bits per heavy atom. The minimum atomic E-state index is 0.844. The fraction of sp³-hybridized carbons (Fsp3) is 0. The molecule has 1 N–H and O–H groups in total. The van der Waals surface area contributed by atoms with Gasteiger partial charge in [-0.05, 0) is 68.7 Å². The third-order valence-corrected chi connectivity index (χ3v) is 4.99. The van der Waals surface area contributed by atoms with Crippen LogP contribution in [-0.4, -0.2) is 4.98 Å². The fourth-order valence-electron chi connectivity index (χ4n) is 3.85. The van der Waals surface area contributed by atoms with Crippen molar-refractivity contribution in [1.29, 1.82) is 0 Å². The van der Waals surface area contributed by atoms with Gasteiger partial charge in [0.1, 0.15) is 5.58 Å². The lowest BCUT2D eigenvalue weighted by atomic mass is 9.97. The molecule has 0 saturated heterocycles. The fourth-order valence-corrected chi connectivity index (χ4v) is 3.85. The van der Waals surface area contributed by atoms with Gasteiger partial charge in [0, 0.05) is 17.0 Å². The topological polar surface area (TPSA) is 28.9 Å². The second-order valence-electron chi connectivity index (χ2n) is 6.38. The molecule has 2 heteroatoms. The molecule has 0 radical (unpaired) electrons. The van der Waals surface area contributed by atoms with Crippen molar-refractivity contribution in [2.24, 2.45) is 0 Å². The second-order valence-corrected chi connectivity index (χ2v) is 6.38. The zero-order chi connectivity index (χ0) is 15.7. The van der Waals surface area contributed by atoms with Crippen LogP contribution in [-0.2, 0) is 0 Å². The van der Waals surface area contributed by atoms with E-state index in [1.54, 1.807) is 0 Å². The van der Waals surface area contributed by atoms with E-state index in [1.807, 2.05) is 6.20 Å². The molecule has 6 aromatic rings. The molecule has 2 nitrogen and oxygen atoms in total. The van der Waals surface area contributed by atoms with Crippen LogP contribution in [0.15, 0.2) is 77.3 Å². The van der Waals surface area contributed by atoms with E-state index in [2.05, 4.69) is 71.7 Å². The van der Waals surface area contributed by atoms with Gasteiger partial charge in [0.2, 0.25) is 5.71 Å². The van der Waals surface area contributed by atoms with Crippen molar-refractivity contribution >= 4 is 54.4 Å². The van der Waals surface area contributed by atoms with Crippen molar-refractivity contribution in [1.82, 2.24) is 4.98 Å². The predicted molar refractivity (Wildman–Crippen MR) is 101 cm³/mol. The van der Waals surface area contributed by atoms with Crippen LogP contribution >= 0.6 is 0 Å². The van der Waals surface area contributed by atoms with Crippen LogP contribution in [0.25, 0.3) is 54.4 Å². The van der Waals surface area contributed by atoms with Gasteiger partial charge in [0.05, 0.1) is 0 Å². The summed E-state index contributed by atoms with van der Waals surface area (Å²) in [7, 11) is 0. The summed E-state index contributed by atoms with van der Waals surface area (Å²) in [4.78, 5) is 3.17. The largest absolute Gasteiger partial charge is 0.440 e. The summed E-state index contributed by atoms with van der Waals surface area (Å²) < 4.78 is 5.93. The van der Waals surface area contributed by atoms with Crippen LogP contribution in [0.4, 0.5) is 0 Å². The number of nitrogens with one attached hydrogen (secondary N) is 1. The summed E-state index contributed by atoms with van der Waals surface area (Å²) in [5.41, 5.74) is 1.78. The van der Waals surface area contributed by atoms with Gasteiger partial charge >= 0.3 is 0 Å². The van der Waals surface area contributed by atoms with Crippen molar-refractivity contribution in [3.05, 3.63) is 72.9 Å². The molecule has 2 aromatic heterocycles. The number of fused-ring (bicyclic) bond motifs is 7. The molecule has 0 fully saturated rings. The molecule has 0 unspecified atom stereocenters. The lowest BCUT2D eigenvalue weighted by Crippen LogP contribution is -1.79. The van der Waals surface area contributed by atoms with E-state index in [-0.39, 0.29) is 0 Å². The van der Waals surface area contributed by atoms with Crippen molar-refractivity contribution < 1.29 is 4.42 Å². The van der Waals surface area contributed by atoms with Gasteiger partial charge in [-0.25, -0.2) is 0 Å². The third-order valence-electron chi connectivity index (χ3n) is 4.99. The first kappa shape index (κ1) is 12.2. The minimum absolute atomic E-state index is 0.844. The molecule has 0 bridgehead atoms. The van der Waals surface area contributed by atoms with E-state index < -0.39 is 0 Å². The number of aromatic nitrogens is 1. The van der Waals surface area contributed by atoms with Crippen molar-refractivity contribution in [3.8, 4) is 0 Å². The van der Waals surface area contributed by atoms with Gasteiger partial charge in [-0.2, -0.15) is 0 Å².